The van der Waals surface area contributed by atoms with Gasteiger partial charge in [0.15, 0.2) is 0 Å². The maximum absolute atomic E-state index is 8.67. The molecular weight excluding hydrogens is 190 g/mol. The predicted molar refractivity (Wildman–Crippen MR) is 51.8 cm³/mol. The van der Waals surface area contributed by atoms with E-state index < -0.39 is 11.4 Å². The molecule has 0 aliphatic heterocycles. The molecule has 1 aromatic heterocycles. The summed E-state index contributed by atoms with van der Waals surface area (Å²) in [5.41, 5.74) is 2.40. The molecule has 0 unspecified atom stereocenters. The van der Waals surface area contributed by atoms with Crippen LogP contribution in [0, 0.1) is 6.92 Å². The molecule has 0 aliphatic carbocycles. The second kappa shape index (κ2) is 6.71. The van der Waals surface area contributed by atoms with Gasteiger partial charge in [0, 0.05) is 11.9 Å². The molecule has 0 fully saturated rings. The highest BCUT2D eigenvalue weighted by atomic mass is 32.2. The highest BCUT2D eigenvalue weighted by molar-refractivity contribution is 7.73. The molecule has 0 bridgehead atoms. The van der Waals surface area contributed by atoms with Crippen LogP contribution in [-0.4, -0.2) is 18.3 Å². The van der Waals surface area contributed by atoms with Crippen LogP contribution in [-0.2, 0) is 17.8 Å². The molecule has 5 heteroatoms. The van der Waals surface area contributed by atoms with Crippen LogP contribution in [0.5, 0.6) is 0 Å². The highest BCUT2D eigenvalue weighted by Gasteiger charge is 1.86. The zero-order valence-corrected chi connectivity index (χ0v) is 8.41. The van der Waals surface area contributed by atoms with Gasteiger partial charge in [0.25, 0.3) is 11.4 Å². The Morgan fingerprint density at radius 1 is 1.46 bits per heavy atom. The van der Waals surface area contributed by atoms with Gasteiger partial charge in [-0.1, -0.05) is 13.0 Å². The average Bonchev–Trinajstić information content (AvgIpc) is 2.05. The van der Waals surface area contributed by atoms with E-state index in [1.807, 2.05) is 19.2 Å². The Labute approximate surface area is 80.1 Å². The lowest BCUT2D eigenvalue weighted by molar-refractivity contribution is 0.454. The lowest BCUT2D eigenvalue weighted by Gasteiger charge is -1.93. The summed E-state index contributed by atoms with van der Waals surface area (Å²) >= 11 is -2.61. The van der Waals surface area contributed by atoms with Crippen molar-refractivity contribution in [2.24, 2.45) is 0 Å². The molecule has 13 heavy (non-hydrogen) atoms. The second-order valence-electron chi connectivity index (χ2n) is 2.39. The highest BCUT2D eigenvalue weighted by Crippen LogP contribution is 1.98. The Morgan fingerprint density at radius 2 is 2.00 bits per heavy atom. The summed E-state index contributed by atoms with van der Waals surface area (Å²) in [6, 6.07) is 4.15. The minimum atomic E-state index is -2.61. The minimum Gasteiger partial charge on any atom is -0.284 e. The van der Waals surface area contributed by atoms with E-state index in [-0.39, 0.29) is 0 Å². The maximum Gasteiger partial charge on any atom is 0.299 e. The summed E-state index contributed by atoms with van der Waals surface area (Å²) in [6.45, 7) is 4.13. The molecule has 1 heterocycles. The summed E-state index contributed by atoms with van der Waals surface area (Å²) < 4.78 is 22.8. The van der Waals surface area contributed by atoms with E-state index in [1.165, 1.54) is 5.56 Å². The predicted octanol–water partition coefficient (Wildman–Crippen LogP) is 1.63. The normalized spacial score (nSPS) is 9.31. The van der Waals surface area contributed by atoms with E-state index in [0.29, 0.717) is 0 Å². The first-order chi connectivity index (χ1) is 6.06. The SMILES string of the molecule is CCc1ccc(C)nc1.O=S(O)O. The second-order valence-corrected chi connectivity index (χ2v) is 2.85. The first kappa shape index (κ1) is 12.2. The number of aryl methyl sites for hydroxylation is 2. The van der Waals surface area contributed by atoms with Crippen LogP contribution < -0.4 is 0 Å². The molecular formula is C8H13NO3S. The summed E-state index contributed by atoms with van der Waals surface area (Å²) in [4.78, 5) is 4.15. The Kier molecular flexibility index (Phi) is 6.30. The number of nitrogens with zero attached hydrogens (tertiary/aromatic N) is 1. The van der Waals surface area contributed by atoms with Crippen molar-refractivity contribution in [2.45, 2.75) is 20.3 Å². The topological polar surface area (TPSA) is 70.4 Å². The first-order valence-corrected chi connectivity index (χ1v) is 4.84. The molecule has 1 aromatic rings. The lowest BCUT2D eigenvalue weighted by Crippen LogP contribution is -1.83. The lowest BCUT2D eigenvalue weighted by atomic mass is 10.2. The number of aromatic nitrogens is 1. The van der Waals surface area contributed by atoms with Crippen LogP contribution in [0.2, 0.25) is 0 Å². The molecule has 2 N–H and O–H groups in total. The van der Waals surface area contributed by atoms with E-state index >= 15 is 0 Å². The molecule has 0 aliphatic rings. The van der Waals surface area contributed by atoms with Gasteiger partial charge in [-0.25, -0.2) is 0 Å². The minimum absolute atomic E-state index is 1.08. The van der Waals surface area contributed by atoms with Gasteiger partial charge in [0.2, 0.25) is 0 Å². The zero-order valence-electron chi connectivity index (χ0n) is 7.60. The Morgan fingerprint density at radius 3 is 2.31 bits per heavy atom. The van der Waals surface area contributed by atoms with Crippen molar-refractivity contribution in [3.05, 3.63) is 29.6 Å². The molecule has 0 amide bonds. The number of rotatable bonds is 1. The number of hydrogen-bond acceptors (Lipinski definition) is 2. The maximum atomic E-state index is 8.67. The monoisotopic (exact) mass is 203 g/mol. The van der Waals surface area contributed by atoms with Gasteiger partial charge in [-0.05, 0) is 25.0 Å². The van der Waals surface area contributed by atoms with Gasteiger partial charge in [-0.3, -0.25) is 14.1 Å². The Hall–Kier alpha value is -0.780. The van der Waals surface area contributed by atoms with E-state index in [1.54, 1.807) is 0 Å². The molecule has 0 saturated heterocycles. The third kappa shape index (κ3) is 7.58. The zero-order chi connectivity index (χ0) is 10.3. The van der Waals surface area contributed by atoms with Gasteiger partial charge in [-0.15, -0.1) is 0 Å². The van der Waals surface area contributed by atoms with E-state index in [2.05, 4.69) is 18.0 Å². The molecule has 4 nitrogen and oxygen atoms in total. The van der Waals surface area contributed by atoms with E-state index in [4.69, 9.17) is 13.3 Å². The summed E-state index contributed by atoms with van der Waals surface area (Å²) in [7, 11) is 0. The number of pyridine rings is 1. The summed E-state index contributed by atoms with van der Waals surface area (Å²) in [6.07, 6.45) is 3.00. The van der Waals surface area contributed by atoms with Crippen LogP contribution in [0.4, 0.5) is 0 Å². The quantitative estimate of drug-likeness (QED) is 0.680. The molecule has 0 saturated carbocycles. The molecule has 74 valence electrons. The van der Waals surface area contributed by atoms with Crippen molar-refractivity contribution in [3.8, 4) is 0 Å². The summed E-state index contributed by atoms with van der Waals surface area (Å²) in [5, 5.41) is 0. The van der Waals surface area contributed by atoms with Crippen LogP contribution in [0.15, 0.2) is 18.3 Å². The fourth-order valence-corrected chi connectivity index (χ4v) is 0.708. The third-order valence-corrected chi connectivity index (χ3v) is 1.38. The Balaban J connectivity index is 0.000000310. The third-order valence-electron chi connectivity index (χ3n) is 1.38. The van der Waals surface area contributed by atoms with Crippen LogP contribution >= 0.6 is 0 Å². The average molecular weight is 203 g/mol. The van der Waals surface area contributed by atoms with E-state index in [0.717, 1.165) is 12.1 Å². The number of hydrogen-bond donors (Lipinski definition) is 2. The van der Waals surface area contributed by atoms with Gasteiger partial charge in [0.05, 0.1) is 0 Å². The van der Waals surface area contributed by atoms with Crippen LogP contribution in [0.1, 0.15) is 18.2 Å². The fraction of sp³-hybridized carbons (Fsp3) is 0.375. The van der Waals surface area contributed by atoms with Crippen LogP contribution in [0.3, 0.4) is 0 Å². The van der Waals surface area contributed by atoms with Crippen molar-refractivity contribution >= 4 is 11.4 Å². The molecule has 1 rings (SSSR count). The largest absolute Gasteiger partial charge is 0.299 e. The summed E-state index contributed by atoms with van der Waals surface area (Å²) in [5.74, 6) is 0. The Bertz CT molecular complexity index is 257. The molecule has 0 aromatic carbocycles. The van der Waals surface area contributed by atoms with Gasteiger partial charge >= 0.3 is 0 Å². The van der Waals surface area contributed by atoms with Crippen molar-refractivity contribution in [3.63, 3.8) is 0 Å². The fourth-order valence-electron chi connectivity index (χ4n) is 0.708. The van der Waals surface area contributed by atoms with Crippen molar-refractivity contribution < 1.29 is 13.3 Å². The molecule has 0 spiro atoms. The van der Waals surface area contributed by atoms with Gasteiger partial charge < -0.3 is 0 Å². The van der Waals surface area contributed by atoms with Crippen molar-refractivity contribution in [1.82, 2.24) is 4.98 Å². The van der Waals surface area contributed by atoms with Gasteiger partial charge in [-0.2, -0.15) is 4.21 Å². The van der Waals surface area contributed by atoms with Crippen LogP contribution in [0.25, 0.3) is 0 Å². The smallest absolute Gasteiger partial charge is 0.284 e. The molecule has 0 atom stereocenters. The first-order valence-electron chi connectivity index (χ1n) is 3.77. The van der Waals surface area contributed by atoms with Gasteiger partial charge in [0.1, 0.15) is 0 Å². The standard InChI is InChI=1S/C8H11N.H2O3S/c1-3-8-5-4-7(2)9-6-8;1-4(2)3/h4-6H,3H2,1-2H3;(H2,1,2,3). The molecule has 0 radical (unpaired) electrons. The van der Waals surface area contributed by atoms with Crippen molar-refractivity contribution in [2.75, 3.05) is 0 Å². The van der Waals surface area contributed by atoms with Crippen molar-refractivity contribution in [1.29, 1.82) is 0 Å². The van der Waals surface area contributed by atoms with E-state index in [9.17, 15) is 0 Å².